The van der Waals surface area contributed by atoms with Crippen molar-refractivity contribution in [2.24, 2.45) is 0 Å². The number of halogens is 1. The first-order chi connectivity index (χ1) is 8.90. The van der Waals surface area contributed by atoms with Crippen molar-refractivity contribution in [2.75, 3.05) is 13.1 Å². The number of nitrogens with one attached hydrogen (secondary N) is 2. The number of benzene rings is 1. The molecule has 1 rings (SSSR count). The predicted molar refractivity (Wildman–Crippen MR) is 74.5 cm³/mol. The van der Waals surface area contributed by atoms with Gasteiger partial charge in [-0.15, -0.1) is 0 Å². The van der Waals surface area contributed by atoms with E-state index in [9.17, 15) is 8.42 Å². The topological polar surface area (TPSA) is 82.0 Å². The zero-order valence-corrected chi connectivity index (χ0v) is 12.3. The molecule has 0 saturated carbocycles. The predicted octanol–water partition coefficient (Wildman–Crippen LogP) is 1.49. The van der Waals surface area contributed by atoms with Gasteiger partial charge < -0.3 is 5.32 Å². The standard InChI is InChI=1S/C12H16ClN3O2S/c1-3-15-9(2)8-16-19(17,18)11-4-5-12(13)10(6-11)7-14/h4-6,9,15-16H,3,8H2,1-2H3/t9-/m1/s1. The maximum atomic E-state index is 12.0. The zero-order chi connectivity index (χ0) is 14.5. The third kappa shape index (κ3) is 4.48. The molecular weight excluding hydrogens is 286 g/mol. The van der Waals surface area contributed by atoms with E-state index in [0.29, 0.717) is 0 Å². The van der Waals surface area contributed by atoms with Gasteiger partial charge in [0, 0.05) is 12.6 Å². The Kier molecular flexibility index (Phi) is 5.76. The zero-order valence-electron chi connectivity index (χ0n) is 10.8. The van der Waals surface area contributed by atoms with E-state index in [0.717, 1.165) is 6.54 Å². The average molecular weight is 302 g/mol. The first-order valence-corrected chi connectivity index (χ1v) is 7.69. The van der Waals surface area contributed by atoms with Crippen molar-refractivity contribution in [3.05, 3.63) is 28.8 Å². The van der Waals surface area contributed by atoms with Crippen LogP contribution in [0.3, 0.4) is 0 Å². The lowest BCUT2D eigenvalue weighted by Gasteiger charge is -2.13. The molecule has 0 aliphatic rings. The molecule has 7 heteroatoms. The van der Waals surface area contributed by atoms with Crippen molar-refractivity contribution >= 4 is 21.6 Å². The molecule has 0 unspecified atom stereocenters. The highest BCUT2D eigenvalue weighted by atomic mass is 35.5. The van der Waals surface area contributed by atoms with E-state index in [-0.39, 0.29) is 28.1 Å². The van der Waals surface area contributed by atoms with Gasteiger partial charge in [-0.1, -0.05) is 18.5 Å². The fourth-order valence-electron chi connectivity index (χ4n) is 1.50. The minimum absolute atomic E-state index is 0.0301. The molecule has 104 valence electrons. The van der Waals surface area contributed by atoms with Crippen LogP contribution in [-0.4, -0.2) is 27.5 Å². The normalized spacial score (nSPS) is 12.9. The van der Waals surface area contributed by atoms with E-state index in [2.05, 4.69) is 10.0 Å². The smallest absolute Gasteiger partial charge is 0.240 e. The summed E-state index contributed by atoms with van der Waals surface area (Å²) in [5.74, 6) is 0. The number of nitriles is 1. The number of hydrogen-bond acceptors (Lipinski definition) is 4. The Morgan fingerprint density at radius 3 is 2.74 bits per heavy atom. The van der Waals surface area contributed by atoms with E-state index in [4.69, 9.17) is 16.9 Å². The lowest BCUT2D eigenvalue weighted by atomic mass is 10.2. The number of hydrogen-bond donors (Lipinski definition) is 2. The van der Waals surface area contributed by atoms with Gasteiger partial charge in [0.2, 0.25) is 10.0 Å². The molecule has 0 aliphatic heterocycles. The third-order valence-electron chi connectivity index (χ3n) is 2.50. The molecule has 19 heavy (non-hydrogen) atoms. The summed E-state index contributed by atoms with van der Waals surface area (Å²) in [5.41, 5.74) is 0.143. The van der Waals surface area contributed by atoms with Gasteiger partial charge in [-0.25, -0.2) is 13.1 Å². The molecular formula is C12H16ClN3O2S. The minimum atomic E-state index is -3.62. The maximum Gasteiger partial charge on any atom is 0.240 e. The van der Waals surface area contributed by atoms with E-state index < -0.39 is 10.0 Å². The molecule has 0 bridgehead atoms. The molecule has 1 aromatic carbocycles. The summed E-state index contributed by atoms with van der Waals surface area (Å²) < 4.78 is 26.5. The Hall–Kier alpha value is -1.13. The summed E-state index contributed by atoms with van der Waals surface area (Å²) in [6, 6.07) is 5.94. The van der Waals surface area contributed by atoms with Crippen molar-refractivity contribution in [3.63, 3.8) is 0 Å². The van der Waals surface area contributed by atoms with E-state index >= 15 is 0 Å². The van der Waals surface area contributed by atoms with Crippen LogP contribution in [0, 0.1) is 11.3 Å². The van der Waals surface area contributed by atoms with Gasteiger partial charge in [-0.2, -0.15) is 5.26 Å². The number of likely N-dealkylation sites (N-methyl/N-ethyl adjacent to an activating group) is 1. The third-order valence-corrected chi connectivity index (χ3v) is 4.25. The molecule has 1 atom stereocenters. The molecule has 0 amide bonds. The first kappa shape index (κ1) is 15.9. The van der Waals surface area contributed by atoms with Crippen molar-refractivity contribution in [1.29, 1.82) is 5.26 Å². The van der Waals surface area contributed by atoms with E-state index in [1.165, 1.54) is 18.2 Å². The summed E-state index contributed by atoms with van der Waals surface area (Å²) in [6.45, 7) is 4.88. The van der Waals surface area contributed by atoms with E-state index in [1.54, 1.807) is 0 Å². The van der Waals surface area contributed by atoms with Gasteiger partial charge in [0.1, 0.15) is 6.07 Å². The molecule has 0 saturated heterocycles. The van der Waals surface area contributed by atoms with Crippen LogP contribution < -0.4 is 10.0 Å². The Balaban J connectivity index is 2.86. The first-order valence-electron chi connectivity index (χ1n) is 5.83. The SMILES string of the molecule is CCN[C@H](C)CNS(=O)(=O)c1ccc(Cl)c(C#N)c1. The highest BCUT2D eigenvalue weighted by Crippen LogP contribution is 2.19. The fourth-order valence-corrected chi connectivity index (χ4v) is 2.81. The largest absolute Gasteiger partial charge is 0.313 e. The minimum Gasteiger partial charge on any atom is -0.313 e. The quantitative estimate of drug-likeness (QED) is 0.834. The molecule has 0 aromatic heterocycles. The molecule has 0 aliphatic carbocycles. The van der Waals surface area contributed by atoms with Crippen LogP contribution >= 0.6 is 11.6 Å². The summed E-state index contributed by atoms with van der Waals surface area (Å²) in [4.78, 5) is 0.0390. The van der Waals surface area contributed by atoms with Gasteiger partial charge in [0.05, 0.1) is 15.5 Å². The van der Waals surface area contributed by atoms with Crippen LogP contribution in [0.4, 0.5) is 0 Å². The van der Waals surface area contributed by atoms with Crippen LogP contribution in [0.25, 0.3) is 0 Å². The Morgan fingerprint density at radius 1 is 1.47 bits per heavy atom. The summed E-state index contributed by atoms with van der Waals surface area (Å²) in [7, 11) is -3.62. The molecule has 0 heterocycles. The summed E-state index contributed by atoms with van der Waals surface area (Å²) in [6.07, 6.45) is 0. The second kappa shape index (κ2) is 6.87. The molecule has 1 aromatic rings. The van der Waals surface area contributed by atoms with Crippen LogP contribution in [0.5, 0.6) is 0 Å². The van der Waals surface area contributed by atoms with Crippen molar-refractivity contribution < 1.29 is 8.42 Å². The number of sulfonamides is 1. The van der Waals surface area contributed by atoms with Crippen LogP contribution in [0.15, 0.2) is 23.1 Å². The molecule has 0 radical (unpaired) electrons. The monoisotopic (exact) mass is 301 g/mol. The van der Waals surface area contributed by atoms with Gasteiger partial charge in [-0.3, -0.25) is 0 Å². The average Bonchev–Trinajstić information content (AvgIpc) is 2.37. The molecule has 2 N–H and O–H groups in total. The Bertz CT molecular complexity index is 581. The highest BCUT2D eigenvalue weighted by Gasteiger charge is 2.16. The lowest BCUT2D eigenvalue weighted by molar-refractivity contribution is 0.536. The summed E-state index contributed by atoms with van der Waals surface area (Å²) in [5, 5.41) is 12.2. The second-order valence-electron chi connectivity index (χ2n) is 4.06. The van der Waals surface area contributed by atoms with Crippen LogP contribution in [0.1, 0.15) is 19.4 Å². The van der Waals surface area contributed by atoms with Gasteiger partial charge >= 0.3 is 0 Å². The maximum absolute atomic E-state index is 12.0. The fraction of sp³-hybridized carbons (Fsp3) is 0.417. The Morgan fingerprint density at radius 2 is 2.16 bits per heavy atom. The van der Waals surface area contributed by atoms with Crippen LogP contribution in [0.2, 0.25) is 5.02 Å². The van der Waals surface area contributed by atoms with Crippen molar-refractivity contribution in [3.8, 4) is 6.07 Å². The van der Waals surface area contributed by atoms with Crippen molar-refractivity contribution in [2.45, 2.75) is 24.8 Å². The number of nitrogens with zero attached hydrogens (tertiary/aromatic N) is 1. The van der Waals surface area contributed by atoms with E-state index in [1.807, 2.05) is 19.9 Å². The molecule has 0 fully saturated rings. The van der Waals surface area contributed by atoms with Crippen LogP contribution in [-0.2, 0) is 10.0 Å². The molecule has 5 nitrogen and oxygen atoms in total. The highest BCUT2D eigenvalue weighted by molar-refractivity contribution is 7.89. The van der Waals surface area contributed by atoms with Gasteiger partial charge in [0.15, 0.2) is 0 Å². The van der Waals surface area contributed by atoms with Crippen molar-refractivity contribution in [1.82, 2.24) is 10.0 Å². The molecule has 0 spiro atoms. The second-order valence-corrected chi connectivity index (χ2v) is 6.24. The Labute approximate surface area is 118 Å². The lowest BCUT2D eigenvalue weighted by Crippen LogP contribution is -2.38. The summed E-state index contributed by atoms with van der Waals surface area (Å²) >= 11 is 5.77. The number of rotatable bonds is 6. The van der Waals surface area contributed by atoms with Gasteiger partial charge in [-0.05, 0) is 31.7 Å². The van der Waals surface area contributed by atoms with Gasteiger partial charge in [0.25, 0.3) is 0 Å².